The third-order valence-corrected chi connectivity index (χ3v) is 4.06. The largest absolute Gasteiger partial charge is 0.494 e. The summed E-state index contributed by atoms with van der Waals surface area (Å²) in [6, 6.07) is 18.8. The van der Waals surface area contributed by atoms with Crippen LogP contribution in [0.15, 0.2) is 54.6 Å². The Morgan fingerprint density at radius 2 is 1.55 bits per heavy atom. The number of nitrogens with zero attached hydrogens (tertiary/aromatic N) is 1. The van der Waals surface area contributed by atoms with Gasteiger partial charge < -0.3 is 15.0 Å². The summed E-state index contributed by atoms with van der Waals surface area (Å²) >= 11 is 0. The molecule has 0 bridgehead atoms. The summed E-state index contributed by atoms with van der Waals surface area (Å²) in [4.78, 5) is 2.50. The molecular formula is C19H24N2O. The molecule has 0 spiro atoms. The van der Waals surface area contributed by atoms with Crippen LogP contribution in [0.3, 0.4) is 0 Å². The first-order chi connectivity index (χ1) is 10.9. The molecule has 1 aliphatic heterocycles. The predicted octanol–water partition coefficient (Wildman–Crippen LogP) is 3.03. The topological polar surface area (TPSA) is 24.5 Å². The standard InChI is InChI=1S/C19H24N2O/c1-2-5-17(6-3-1)18-7-9-19(10-8-18)22-16-4-13-21-14-11-20-12-15-21/h1-3,5-10,20H,4,11-16H2. The van der Waals surface area contributed by atoms with E-state index in [0.29, 0.717) is 0 Å². The van der Waals surface area contributed by atoms with E-state index in [-0.39, 0.29) is 0 Å². The molecule has 116 valence electrons. The van der Waals surface area contributed by atoms with Gasteiger partial charge in [-0.25, -0.2) is 0 Å². The van der Waals surface area contributed by atoms with Gasteiger partial charge in [-0.2, -0.15) is 0 Å². The van der Waals surface area contributed by atoms with E-state index in [1.807, 2.05) is 6.07 Å². The number of ether oxygens (including phenoxy) is 1. The minimum absolute atomic E-state index is 0.786. The Morgan fingerprint density at radius 3 is 2.27 bits per heavy atom. The van der Waals surface area contributed by atoms with Crippen molar-refractivity contribution in [3.05, 3.63) is 54.6 Å². The van der Waals surface area contributed by atoms with Crippen LogP contribution in [-0.2, 0) is 0 Å². The van der Waals surface area contributed by atoms with Gasteiger partial charge in [-0.05, 0) is 29.7 Å². The molecule has 2 aromatic carbocycles. The van der Waals surface area contributed by atoms with Crippen molar-refractivity contribution < 1.29 is 4.74 Å². The molecule has 1 N–H and O–H groups in total. The summed E-state index contributed by atoms with van der Waals surface area (Å²) in [7, 11) is 0. The van der Waals surface area contributed by atoms with Crippen molar-refractivity contribution in [1.29, 1.82) is 0 Å². The Labute approximate surface area is 132 Å². The van der Waals surface area contributed by atoms with Gasteiger partial charge in [0.25, 0.3) is 0 Å². The molecule has 3 rings (SSSR count). The van der Waals surface area contributed by atoms with E-state index < -0.39 is 0 Å². The molecule has 22 heavy (non-hydrogen) atoms. The summed E-state index contributed by atoms with van der Waals surface area (Å²) < 4.78 is 5.85. The molecule has 0 saturated carbocycles. The highest BCUT2D eigenvalue weighted by atomic mass is 16.5. The maximum absolute atomic E-state index is 5.85. The maximum atomic E-state index is 5.85. The van der Waals surface area contributed by atoms with E-state index in [9.17, 15) is 0 Å². The zero-order valence-corrected chi connectivity index (χ0v) is 13.0. The van der Waals surface area contributed by atoms with E-state index in [2.05, 4.69) is 58.7 Å². The van der Waals surface area contributed by atoms with Crippen LogP contribution in [0, 0.1) is 0 Å². The Bertz CT molecular complexity index is 547. The molecule has 1 heterocycles. The molecule has 0 amide bonds. The molecule has 0 aromatic heterocycles. The lowest BCUT2D eigenvalue weighted by Gasteiger charge is -2.26. The average Bonchev–Trinajstić information content (AvgIpc) is 2.61. The van der Waals surface area contributed by atoms with Gasteiger partial charge in [-0.15, -0.1) is 0 Å². The van der Waals surface area contributed by atoms with Gasteiger partial charge in [0.05, 0.1) is 6.61 Å². The fourth-order valence-electron chi connectivity index (χ4n) is 2.79. The van der Waals surface area contributed by atoms with Crippen LogP contribution in [0.25, 0.3) is 11.1 Å². The summed E-state index contributed by atoms with van der Waals surface area (Å²) in [5.74, 6) is 0.958. The summed E-state index contributed by atoms with van der Waals surface area (Å²) in [5.41, 5.74) is 2.47. The minimum Gasteiger partial charge on any atom is -0.494 e. The van der Waals surface area contributed by atoms with Gasteiger partial charge in [0.1, 0.15) is 5.75 Å². The smallest absolute Gasteiger partial charge is 0.119 e. The van der Waals surface area contributed by atoms with Crippen LogP contribution in [0.2, 0.25) is 0 Å². The molecule has 1 aliphatic rings. The summed E-state index contributed by atoms with van der Waals surface area (Å²) in [6.07, 6.45) is 1.08. The van der Waals surface area contributed by atoms with Crippen molar-refractivity contribution in [2.45, 2.75) is 6.42 Å². The molecule has 0 radical (unpaired) electrons. The Kier molecular flexibility index (Phi) is 5.46. The molecule has 0 atom stereocenters. The summed E-state index contributed by atoms with van der Waals surface area (Å²) in [5, 5.41) is 3.38. The third-order valence-electron chi connectivity index (χ3n) is 4.06. The Morgan fingerprint density at radius 1 is 0.864 bits per heavy atom. The third kappa shape index (κ3) is 4.33. The highest BCUT2D eigenvalue weighted by Crippen LogP contribution is 2.22. The first-order valence-corrected chi connectivity index (χ1v) is 8.13. The lowest BCUT2D eigenvalue weighted by Crippen LogP contribution is -2.43. The van der Waals surface area contributed by atoms with Crippen LogP contribution in [0.1, 0.15) is 6.42 Å². The van der Waals surface area contributed by atoms with Gasteiger partial charge >= 0.3 is 0 Å². The normalized spacial score (nSPS) is 15.6. The quantitative estimate of drug-likeness (QED) is 0.829. The average molecular weight is 296 g/mol. The first-order valence-electron chi connectivity index (χ1n) is 8.13. The second-order valence-corrected chi connectivity index (χ2v) is 5.68. The van der Waals surface area contributed by atoms with E-state index in [1.165, 1.54) is 11.1 Å². The van der Waals surface area contributed by atoms with Crippen LogP contribution < -0.4 is 10.1 Å². The van der Waals surface area contributed by atoms with Crippen LogP contribution >= 0.6 is 0 Å². The van der Waals surface area contributed by atoms with E-state index in [0.717, 1.165) is 51.5 Å². The van der Waals surface area contributed by atoms with Crippen molar-refractivity contribution in [2.75, 3.05) is 39.3 Å². The first kappa shape index (κ1) is 15.1. The monoisotopic (exact) mass is 296 g/mol. The van der Waals surface area contributed by atoms with Crippen molar-refractivity contribution in [1.82, 2.24) is 10.2 Å². The van der Waals surface area contributed by atoms with Gasteiger partial charge in [0, 0.05) is 32.7 Å². The van der Waals surface area contributed by atoms with E-state index in [1.54, 1.807) is 0 Å². The van der Waals surface area contributed by atoms with E-state index in [4.69, 9.17) is 4.74 Å². The Balaban J connectivity index is 1.43. The maximum Gasteiger partial charge on any atom is 0.119 e. The molecule has 1 fully saturated rings. The number of hydrogen-bond acceptors (Lipinski definition) is 3. The predicted molar refractivity (Wildman–Crippen MR) is 91.3 cm³/mol. The number of piperazine rings is 1. The molecule has 1 saturated heterocycles. The number of nitrogens with one attached hydrogen (secondary N) is 1. The molecule has 0 aliphatic carbocycles. The van der Waals surface area contributed by atoms with Crippen LogP contribution in [-0.4, -0.2) is 44.2 Å². The fraction of sp³-hybridized carbons (Fsp3) is 0.368. The highest BCUT2D eigenvalue weighted by molar-refractivity contribution is 5.63. The zero-order chi connectivity index (χ0) is 15.0. The Hall–Kier alpha value is -1.84. The van der Waals surface area contributed by atoms with Gasteiger partial charge in [0.15, 0.2) is 0 Å². The van der Waals surface area contributed by atoms with E-state index >= 15 is 0 Å². The minimum atomic E-state index is 0.786. The van der Waals surface area contributed by atoms with Crippen molar-refractivity contribution in [3.63, 3.8) is 0 Å². The molecular weight excluding hydrogens is 272 g/mol. The van der Waals surface area contributed by atoms with Gasteiger partial charge in [-0.3, -0.25) is 0 Å². The SMILES string of the molecule is c1ccc(-c2ccc(OCCCN3CCNCC3)cc2)cc1. The van der Waals surface area contributed by atoms with Crippen LogP contribution in [0.5, 0.6) is 5.75 Å². The lowest BCUT2D eigenvalue weighted by molar-refractivity contribution is 0.214. The zero-order valence-electron chi connectivity index (χ0n) is 13.0. The van der Waals surface area contributed by atoms with Crippen molar-refractivity contribution in [2.24, 2.45) is 0 Å². The molecule has 3 heteroatoms. The number of hydrogen-bond donors (Lipinski definition) is 1. The van der Waals surface area contributed by atoms with Gasteiger partial charge in [0.2, 0.25) is 0 Å². The molecule has 0 unspecified atom stereocenters. The molecule has 3 nitrogen and oxygen atoms in total. The molecule has 2 aromatic rings. The van der Waals surface area contributed by atoms with Crippen molar-refractivity contribution in [3.8, 4) is 16.9 Å². The number of rotatable bonds is 6. The lowest BCUT2D eigenvalue weighted by atomic mass is 10.1. The highest BCUT2D eigenvalue weighted by Gasteiger charge is 2.08. The second kappa shape index (κ2) is 7.97. The van der Waals surface area contributed by atoms with Gasteiger partial charge in [-0.1, -0.05) is 42.5 Å². The van der Waals surface area contributed by atoms with Crippen LogP contribution in [0.4, 0.5) is 0 Å². The van der Waals surface area contributed by atoms with Crippen molar-refractivity contribution >= 4 is 0 Å². The second-order valence-electron chi connectivity index (χ2n) is 5.68. The number of benzene rings is 2. The fourth-order valence-corrected chi connectivity index (χ4v) is 2.79. The summed E-state index contributed by atoms with van der Waals surface area (Å²) in [6.45, 7) is 6.46.